The molecule has 0 bridgehead atoms. The minimum Gasteiger partial charge on any atom is -0.386 e. The molecule has 0 aliphatic carbocycles. The smallest absolute Gasteiger partial charge is 0.386 e. The van der Waals surface area contributed by atoms with E-state index in [-0.39, 0.29) is 41.6 Å². The number of nitrogens with two attached hydrogens (primary N) is 1. The van der Waals surface area contributed by atoms with E-state index in [1.54, 1.807) is 12.1 Å². The Morgan fingerprint density at radius 1 is 1.04 bits per heavy atom. The number of aromatic nitrogens is 4. The third-order valence-corrected chi connectivity index (χ3v) is 12.1. The topological polar surface area (TPSA) is 364 Å². The lowest BCUT2D eigenvalue weighted by atomic mass is 9.87. The molecular weight excluding hydrogens is 843 g/mol. The van der Waals surface area contributed by atoms with Gasteiger partial charge in [0.25, 0.3) is 0 Å². The summed E-state index contributed by atoms with van der Waals surface area (Å²) in [7, 11) is -16.4. The fraction of sp³-hybridized carbons (Fsp3) is 0.517. The zero-order valence-corrected chi connectivity index (χ0v) is 33.9. The van der Waals surface area contributed by atoms with Crippen molar-refractivity contribution in [1.29, 1.82) is 0 Å². The molecule has 10 N–H and O–H groups in total. The van der Waals surface area contributed by atoms with Crippen molar-refractivity contribution in [2.45, 2.75) is 57.8 Å². The van der Waals surface area contributed by atoms with Gasteiger partial charge in [0.2, 0.25) is 16.9 Å². The van der Waals surface area contributed by atoms with Crippen molar-refractivity contribution in [2.24, 2.45) is 5.41 Å². The first kappa shape index (κ1) is 46.5. The number of nitrogen functional groups attached to an aromatic ring is 1. The van der Waals surface area contributed by atoms with Crippen molar-refractivity contribution in [2.75, 3.05) is 37.8 Å². The van der Waals surface area contributed by atoms with Gasteiger partial charge in [0, 0.05) is 36.2 Å². The van der Waals surface area contributed by atoms with Crippen LogP contribution in [0.3, 0.4) is 0 Å². The lowest BCUT2D eigenvalue weighted by molar-refractivity contribution is -0.137. The predicted octanol–water partition coefficient (Wildman–Crippen LogP) is 0.287. The number of aryl methyl sites for hydroxylation is 1. The highest BCUT2D eigenvalue weighted by Crippen LogP contribution is 2.61. The Labute approximate surface area is 328 Å². The number of benzene rings is 1. The Morgan fingerprint density at radius 2 is 1.72 bits per heavy atom. The number of aliphatic hydroxyl groups excluding tert-OH is 2. The summed E-state index contributed by atoms with van der Waals surface area (Å²) in [5.74, 6) is -1.17. The van der Waals surface area contributed by atoms with Crippen LogP contribution in [0.2, 0.25) is 0 Å². The third-order valence-electron chi connectivity index (χ3n) is 8.10. The number of imidazole rings is 1. The van der Waals surface area contributed by atoms with Gasteiger partial charge in [-0.05, 0) is 12.5 Å². The molecule has 1 aliphatic heterocycles. The fourth-order valence-corrected chi connectivity index (χ4v) is 8.76. The first-order valence-corrected chi connectivity index (χ1v) is 22.1. The lowest BCUT2D eigenvalue weighted by Gasteiger charge is -2.30. The number of phosphoric acid groups is 3. The second kappa shape index (κ2) is 19.2. The molecule has 7 atom stereocenters. The molecule has 1 saturated heterocycles. The molecule has 2 amide bonds. The summed E-state index contributed by atoms with van der Waals surface area (Å²) < 4.78 is 62.1. The molecule has 2 aromatic heterocycles. The number of rotatable bonds is 20. The van der Waals surface area contributed by atoms with E-state index in [0.717, 1.165) is 34.5 Å². The van der Waals surface area contributed by atoms with Gasteiger partial charge in [-0.3, -0.25) is 32.5 Å². The number of fused-ring (bicyclic) bond motifs is 1. The number of carbonyl (C=O) groups excluding carboxylic acids is 3. The van der Waals surface area contributed by atoms with E-state index in [1.807, 2.05) is 19.1 Å². The van der Waals surface area contributed by atoms with Crippen LogP contribution in [-0.2, 0) is 45.9 Å². The Kier molecular flexibility index (Phi) is 15.7. The van der Waals surface area contributed by atoms with E-state index in [9.17, 15) is 57.9 Å². The second-order valence-electron chi connectivity index (χ2n) is 13.0. The van der Waals surface area contributed by atoms with Crippen LogP contribution in [0.25, 0.3) is 11.2 Å². The largest absolute Gasteiger partial charge is 0.481 e. The first-order chi connectivity index (χ1) is 26.5. The number of amides is 2. The van der Waals surface area contributed by atoms with Crippen molar-refractivity contribution in [3.05, 3.63) is 48.0 Å². The summed E-state index contributed by atoms with van der Waals surface area (Å²) in [6.45, 7) is 2.26. The number of aliphatic hydroxyl groups is 2. The van der Waals surface area contributed by atoms with Crippen LogP contribution in [0.4, 0.5) is 5.82 Å². The van der Waals surface area contributed by atoms with Gasteiger partial charge >= 0.3 is 23.5 Å². The quantitative estimate of drug-likeness (QED) is 0.0543. The number of thioether (sulfide) groups is 1. The molecule has 28 heteroatoms. The van der Waals surface area contributed by atoms with Gasteiger partial charge in [-0.2, -0.15) is 4.31 Å². The number of phosphoric ester groups is 3. The SMILES string of the molecule is Cc1ccccc1C(=O)SCCNC(=O)CCNC(=O)C(O)C(C)(C)COP(=O)(O)OP(=O)(O)OCC1OC(n2cnc3c(N)ncnc32)C(O)C1OP(=O)(O)O. The van der Waals surface area contributed by atoms with Crippen LogP contribution in [-0.4, -0.2) is 123 Å². The van der Waals surface area contributed by atoms with Crippen molar-refractivity contribution in [1.82, 2.24) is 30.2 Å². The van der Waals surface area contributed by atoms with E-state index in [4.69, 9.17) is 19.5 Å². The third kappa shape index (κ3) is 13.1. The molecule has 1 aromatic carbocycles. The van der Waals surface area contributed by atoms with Crippen LogP contribution in [0.5, 0.6) is 0 Å². The Balaban J connectivity index is 1.23. The normalized spacial score (nSPS) is 21.4. The summed E-state index contributed by atoms with van der Waals surface area (Å²) in [4.78, 5) is 88.1. The van der Waals surface area contributed by atoms with E-state index >= 15 is 0 Å². The molecule has 0 saturated carbocycles. The molecule has 0 spiro atoms. The average molecular weight is 886 g/mol. The van der Waals surface area contributed by atoms with Gasteiger partial charge in [-0.1, -0.05) is 49.9 Å². The molecule has 4 rings (SSSR count). The standard InChI is InChI=1S/C29H42N7O17P3S/c1-16-6-4-5-7-17(16)28(41)57-11-10-31-19(37)8-9-32-26(40)23(39)29(2,3)13-50-56(47,48)53-55(45,46)49-12-18-22(52-54(42,43)44)21(38)27(51-18)36-15-35-20-24(30)33-14-34-25(20)36/h4-7,14-15,18,21-23,27,38-39H,8-13H2,1-3H3,(H,31,37)(H,32,40)(H,45,46)(H,47,48)(H2,30,33,34)(H2,42,43,44). The molecule has 24 nitrogen and oxygen atoms in total. The molecule has 1 aliphatic rings. The monoisotopic (exact) mass is 885 g/mol. The molecular formula is C29H42N7O17P3S. The minimum atomic E-state index is -5.57. The summed E-state index contributed by atoms with van der Waals surface area (Å²) in [6, 6.07) is 7.09. The van der Waals surface area contributed by atoms with Crippen molar-refractivity contribution < 1.29 is 80.5 Å². The number of ether oxygens (including phenoxy) is 1. The van der Waals surface area contributed by atoms with Crippen LogP contribution in [0.15, 0.2) is 36.9 Å². The summed E-state index contributed by atoms with van der Waals surface area (Å²) in [5, 5.41) is 26.3. The Morgan fingerprint density at radius 3 is 2.40 bits per heavy atom. The maximum absolute atomic E-state index is 12.7. The maximum Gasteiger partial charge on any atom is 0.481 e. The van der Waals surface area contributed by atoms with E-state index in [0.29, 0.717) is 11.3 Å². The van der Waals surface area contributed by atoms with Crippen molar-refractivity contribution in [3.63, 3.8) is 0 Å². The highest BCUT2D eigenvalue weighted by molar-refractivity contribution is 8.14. The van der Waals surface area contributed by atoms with Crippen LogP contribution < -0.4 is 16.4 Å². The highest BCUT2D eigenvalue weighted by Gasteiger charge is 2.50. The Hall–Kier alpha value is -3.22. The zero-order chi connectivity index (χ0) is 42.3. The summed E-state index contributed by atoms with van der Waals surface area (Å²) in [6.07, 6.45) is -6.94. The number of carbonyl (C=O) groups is 3. The molecule has 0 radical (unpaired) electrons. The fourth-order valence-electron chi connectivity index (χ4n) is 5.15. The number of anilines is 1. The molecule has 3 aromatic rings. The van der Waals surface area contributed by atoms with Gasteiger partial charge in [0.15, 0.2) is 17.7 Å². The minimum absolute atomic E-state index is 0.0292. The number of nitrogens with zero attached hydrogens (tertiary/aromatic N) is 4. The van der Waals surface area contributed by atoms with Gasteiger partial charge in [-0.25, -0.2) is 28.6 Å². The molecule has 7 unspecified atom stereocenters. The molecule has 316 valence electrons. The summed E-state index contributed by atoms with van der Waals surface area (Å²) in [5.41, 5.74) is 5.65. The van der Waals surface area contributed by atoms with Gasteiger partial charge < -0.3 is 50.9 Å². The zero-order valence-electron chi connectivity index (χ0n) is 30.4. The molecule has 57 heavy (non-hydrogen) atoms. The molecule has 1 fully saturated rings. The second-order valence-corrected chi connectivity index (χ2v) is 18.3. The van der Waals surface area contributed by atoms with Gasteiger partial charge in [0.1, 0.15) is 36.3 Å². The summed E-state index contributed by atoms with van der Waals surface area (Å²) >= 11 is 1.04. The van der Waals surface area contributed by atoms with E-state index in [1.165, 1.54) is 13.8 Å². The number of hydrogen-bond acceptors (Lipinski definition) is 18. The maximum atomic E-state index is 12.7. The predicted molar refractivity (Wildman–Crippen MR) is 198 cm³/mol. The van der Waals surface area contributed by atoms with Crippen LogP contribution >= 0.6 is 35.2 Å². The molecule has 3 heterocycles. The highest BCUT2D eigenvalue weighted by atomic mass is 32.2. The van der Waals surface area contributed by atoms with Crippen LogP contribution in [0, 0.1) is 12.3 Å². The Bertz CT molecular complexity index is 2070. The lowest BCUT2D eigenvalue weighted by Crippen LogP contribution is -2.46. The van der Waals surface area contributed by atoms with Crippen LogP contribution in [0.1, 0.15) is 42.4 Å². The van der Waals surface area contributed by atoms with Gasteiger partial charge in [0.05, 0.1) is 19.5 Å². The van der Waals surface area contributed by atoms with Crippen molar-refractivity contribution in [3.8, 4) is 0 Å². The number of nitrogens with one attached hydrogen (secondary N) is 2. The first-order valence-electron chi connectivity index (χ1n) is 16.6. The van der Waals surface area contributed by atoms with E-state index in [2.05, 4.69) is 34.4 Å². The van der Waals surface area contributed by atoms with Gasteiger partial charge in [-0.15, -0.1) is 0 Å². The number of hydrogen-bond donors (Lipinski definition) is 9. The van der Waals surface area contributed by atoms with Crippen molar-refractivity contribution >= 4 is 69.1 Å². The average Bonchev–Trinajstić information content (AvgIpc) is 3.68. The van der Waals surface area contributed by atoms with E-state index < -0.39 is 84.6 Å².